The first-order valence-corrected chi connectivity index (χ1v) is 7.48. The van der Waals surface area contributed by atoms with Crippen molar-refractivity contribution in [1.82, 2.24) is 9.96 Å². The van der Waals surface area contributed by atoms with Crippen LogP contribution in [0, 0.1) is 11.8 Å². The molecule has 3 rings (SSSR count). The van der Waals surface area contributed by atoms with E-state index in [0.717, 1.165) is 0 Å². The molecule has 3 aliphatic rings. The molecular weight excluding hydrogens is 308 g/mol. The summed E-state index contributed by atoms with van der Waals surface area (Å²) in [5.41, 5.74) is 0. The van der Waals surface area contributed by atoms with E-state index in [4.69, 9.17) is 4.74 Å². The Labute approximate surface area is 131 Å². The lowest BCUT2D eigenvalue weighted by molar-refractivity contribution is -0.198. The van der Waals surface area contributed by atoms with Gasteiger partial charge in [-0.1, -0.05) is 0 Å². The van der Waals surface area contributed by atoms with Crippen molar-refractivity contribution in [2.24, 2.45) is 11.8 Å². The van der Waals surface area contributed by atoms with Gasteiger partial charge in [-0.25, -0.2) is 4.79 Å². The van der Waals surface area contributed by atoms with Crippen LogP contribution in [0.25, 0.3) is 0 Å². The van der Waals surface area contributed by atoms with Gasteiger partial charge in [-0.3, -0.25) is 24.1 Å². The summed E-state index contributed by atoms with van der Waals surface area (Å²) in [5.74, 6) is -2.37. The number of imide groups is 2. The van der Waals surface area contributed by atoms with E-state index in [0.29, 0.717) is 11.5 Å². The van der Waals surface area contributed by atoms with Gasteiger partial charge in [-0.15, -0.1) is 5.06 Å². The second kappa shape index (κ2) is 6.07. The van der Waals surface area contributed by atoms with Crippen molar-refractivity contribution in [3.8, 4) is 0 Å². The third-order valence-corrected chi connectivity index (χ3v) is 4.07. The van der Waals surface area contributed by atoms with Gasteiger partial charge >= 0.3 is 5.97 Å². The Morgan fingerprint density at radius 2 is 1.61 bits per heavy atom. The van der Waals surface area contributed by atoms with E-state index in [1.54, 1.807) is 0 Å². The van der Waals surface area contributed by atoms with Gasteiger partial charge in [0.1, 0.15) is 0 Å². The number of rotatable bonds is 7. The Hall–Kier alpha value is -2.29. The molecule has 0 aromatic heterocycles. The first-order chi connectivity index (χ1) is 11.0. The first kappa shape index (κ1) is 15.6. The fourth-order valence-electron chi connectivity index (χ4n) is 2.69. The monoisotopic (exact) mass is 324 g/mol. The molecule has 2 saturated heterocycles. The predicted molar refractivity (Wildman–Crippen MR) is 70.9 cm³/mol. The molecule has 23 heavy (non-hydrogen) atoms. The van der Waals surface area contributed by atoms with Crippen molar-refractivity contribution in [2.45, 2.75) is 25.7 Å². The van der Waals surface area contributed by atoms with Gasteiger partial charge in [0.2, 0.25) is 11.8 Å². The van der Waals surface area contributed by atoms with Crippen LogP contribution in [0.15, 0.2) is 0 Å². The number of hydroxylamine groups is 2. The van der Waals surface area contributed by atoms with Crippen LogP contribution in [0.5, 0.6) is 0 Å². The molecule has 0 aromatic carbocycles. The Morgan fingerprint density at radius 3 is 2.22 bits per heavy atom. The van der Waals surface area contributed by atoms with Crippen molar-refractivity contribution in [2.75, 3.05) is 19.8 Å². The summed E-state index contributed by atoms with van der Waals surface area (Å²) in [6.07, 6.45) is 0.615. The standard InChI is InChI=1S/C14H16N2O7/c17-10-1-2-11(18)16(10)23-12(19)3-5-22-6-4-15-13(20)8-7-9(8)14(15)21/h8-9H,1-7H2. The summed E-state index contributed by atoms with van der Waals surface area (Å²) >= 11 is 0. The van der Waals surface area contributed by atoms with Crippen LogP contribution >= 0.6 is 0 Å². The molecule has 3 fully saturated rings. The Morgan fingerprint density at radius 1 is 1.00 bits per heavy atom. The fourth-order valence-corrected chi connectivity index (χ4v) is 2.69. The van der Waals surface area contributed by atoms with E-state index in [1.165, 1.54) is 4.90 Å². The minimum Gasteiger partial charge on any atom is -0.379 e. The zero-order chi connectivity index (χ0) is 16.6. The Kier molecular flexibility index (Phi) is 4.12. The molecule has 1 aliphatic carbocycles. The largest absolute Gasteiger partial charge is 0.379 e. The van der Waals surface area contributed by atoms with Crippen LogP contribution in [0.4, 0.5) is 0 Å². The van der Waals surface area contributed by atoms with Gasteiger partial charge in [0.15, 0.2) is 0 Å². The number of amides is 4. The maximum Gasteiger partial charge on any atom is 0.335 e. The SMILES string of the molecule is O=C(CCOCCN1C(=O)C2CC2C1=O)ON1C(=O)CCC1=O. The summed E-state index contributed by atoms with van der Waals surface area (Å²) in [6.45, 7) is 0.312. The summed E-state index contributed by atoms with van der Waals surface area (Å²) in [6, 6.07) is 0. The second-order valence-electron chi connectivity index (χ2n) is 5.68. The number of carbonyl (C=O) groups is 5. The molecule has 0 spiro atoms. The number of fused-ring (bicyclic) bond motifs is 1. The number of nitrogens with zero attached hydrogens (tertiary/aromatic N) is 2. The van der Waals surface area contributed by atoms with Crippen molar-refractivity contribution in [3.63, 3.8) is 0 Å². The summed E-state index contributed by atoms with van der Waals surface area (Å²) in [5, 5.41) is 0.482. The second-order valence-corrected chi connectivity index (χ2v) is 5.68. The van der Waals surface area contributed by atoms with E-state index in [9.17, 15) is 24.0 Å². The smallest absolute Gasteiger partial charge is 0.335 e. The van der Waals surface area contributed by atoms with Gasteiger partial charge in [0.05, 0.1) is 38.0 Å². The third kappa shape index (κ3) is 3.09. The van der Waals surface area contributed by atoms with E-state index in [2.05, 4.69) is 4.84 Å². The number of carbonyl (C=O) groups excluding carboxylic acids is 5. The minimum absolute atomic E-state index is 0.0120. The summed E-state index contributed by atoms with van der Waals surface area (Å²) in [4.78, 5) is 63.3. The molecule has 124 valence electrons. The highest BCUT2D eigenvalue weighted by molar-refractivity contribution is 6.08. The van der Waals surface area contributed by atoms with Crippen LogP contribution in [-0.4, -0.2) is 59.3 Å². The quantitative estimate of drug-likeness (QED) is 0.436. The van der Waals surface area contributed by atoms with Gasteiger partial charge in [-0.05, 0) is 6.42 Å². The highest BCUT2D eigenvalue weighted by Crippen LogP contribution is 2.46. The molecule has 0 aromatic rings. The van der Waals surface area contributed by atoms with Crippen molar-refractivity contribution < 1.29 is 33.5 Å². The van der Waals surface area contributed by atoms with E-state index < -0.39 is 17.8 Å². The maximum absolute atomic E-state index is 11.7. The third-order valence-electron chi connectivity index (χ3n) is 4.07. The Balaban J connectivity index is 1.30. The molecule has 4 amide bonds. The molecule has 2 aliphatic heterocycles. The molecule has 9 nitrogen and oxygen atoms in total. The molecule has 0 radical (unpaired) electrons. The molecule has 0 bridgehead atoms. The molecular formula is C14H16N2O7. The normalized spacial score (nSPS) is 26.1. The minimum atomic E-state index is -0.747. The zero-order valence-corrected chi connectivity index (χ0v) is 12.4. The van der Waals surface area contributed by atoms with Crippen LogP contribution in [0.2, 0.25) is 0 Å². The molecule has 9 heteroatoms. The average molecular weight is 324 g/mol. The summed E-state index contributed by atoms with van der Waals surface area (Å²) < 4.78 is 5.20. The number of hydrogen-bond donors (Lipinski definition) is 0. The Bertz CT molecular complexity index is 552. The molecule has 2 unspecified atom stereocenters. The van der Waals surface area contributed by atoms with Crippen LogP contribution in [-0.2, 0) is 33.5 Å². The molecule has 1 saturated carbocycles. The van der Waals surface area contributed by atoms with Crippen LogP contribution in [0.3, 0.4) is 0 Å². The average Bonchev–Trinajstić information content (AvgIpc) is 3.21. The van der Waals surface area contributed by atoms with Crippen LogP contribution in [0.1, 0.15) is 25.7 Å². The molecule has 2 atom stereocenters. The highest BCUT2D eigenvalue weighted by atomic mass is 16.7. The van der Waals surface area contributed by atoms with Crippen molar-refractivity contribution in [3.05, 3.63) is 0 Å². The van der Waals surface area contributed by atoms with Crippen molar-refractivity contribution in [1.29, 1.82) is 0 Å². The van der Waals surface area contributed by atoms with Gasteiger partial charge in [0, 0.05) is 12.8 Å². The van der Waals surface area contributed by atoms with E-state index >= 15 is 0 Å². The number of piperidine rings is 1. The fraction of sp³-hybridized carbons (Fsp3) is 0.643. The highest BCUT2D eigenvalue weighted by Gasteiger charge is 2.58. The first-order valence-electron chi connectivity index (χ1n) is 7.48. The van der Waals surface area contributed by atoms with E-state index in [-0.39, 0.29) is 62.7 Å². The predicted octanol–water partition coefficient (Wildman–Crippen LogP) is -0.995. The lowest BCUT2D eigenvalue weighted by Crippen LogP contribution is -2.36. The number of likely N-dealkylation sites (tertiary alicyclic amines) is 1. The summed E-state index contributed by atoms with van der Waals surface area (Å²) in [7, 11) is 0. The van der Waals surface area contributed by atoms with Crippen LogP contribution < -0.4 is 0 Å². The molecule has 0 N–H and O–H groups in total. The maximum atomic E-state index is 11.7. The number of hydrogen-bond acceptors (Lipinski definition) is 7. The molecule has 2 heterocycles. The lowest BCUT2D eigenvalue weighted by atomic mass is 10.4. The zero-order valence-electron chi connectivity index (χ0n) is 12.4. The number of ether oxygens (including phenoxy) is 1. The van der Waals surface area contributed by atoms with E-state index in [1.807, 2.05) is 0 Å². The van der Waals surface area contributed by atoms with Gasteiger partial charge < -0.3 is 9.57 Å². The van der Waals surface area contributed by atoms with Crippen molar-refractivity contribution >= 4 is 29.6 Å². The van der Waals surface area contributed by atoms with Gasteiger partial charge in [0.25, 0.3) is 11.8 Å². The topological polar surface area (TPSA) is 110 Å². The van der Waals surface area contributed by atoms with Gasteiger partial charge in [-0.2, -0.15) is 0 Å². The lowest BCUT2D eigenvalue weighted by Gasteiger charge is -2.16.